The molecular weight excluding hydrogens is 252 g/mol. The molecule has 1 aromatic heterocycles. The van der Waals surface area contributed by atoms with Crippen LogP contribution in [0.1, 0.15) is 12.8 Å². The number of hydrogen-bond acceptors (Lipinski definition) is 3. The van der Waals surface area contributed by atoms with Crippen molar-refractivity contribution in [1.82, 2.24) is 9.55 Å². The lowest BCUT2D eigenvalue weighted by Crippen LogP contribution is -2.21. The van der Waals surface area contributed by atoms with Crippen molar-refractivity contribution in [2.45, 2.75) is 19.4 Å². The first-order valence-electron chi connectivity index (χ1n) is 6.34. The highest BCUT2D eigenvalue weighted by Crippen LogP contribution is 2.26. The van der Waals surface area contributed by atoms with Crippen LogP contribution in [0.25, 0.3) is 11.0 Å². The lowest BCUT2D eigenvalue weighted by molar-refractivity contribution is 0.0617. The Morgan fingerprint density at radius 1 is 1.32 bits per heavy atom. The van der Waals surface area contributed by atoms with Gasteiger partial charge in [-0.1, -0.05) is 0 Å². The van der Waals surface area contributed by atoms with Crippen LogP contribution in [0, 0.1) is 17.6 Å². The average molecular weight is 267 g/mol. The maximum Gasteiger partial charge on any atom is 0.201 e. The third-order valence-corrected chi connectivity index (χ3v) is 3.61. The Labute approximate surface area is 109 Å². The van der Waals surface area contributed by atoms with Gasteiger partial charge in [-0.3, -0.25) is 0 Å². The maximum atomic E-state index is 13.9. The molecule has 3 rings (SSSR count). The van der Waals surface area contributed by atoms with Crippen LogP contribution in [-0.2, 0) is 11.3 Å². The second kappa shape index (κ2) is 4.77. The second-order valence-corrected chi connectivity index (χ2v) is 4.87. The predicted molar refractivity (Wildman–Crippen MR) is 67.6 cm³/mol. The molecule has 0 spiro atoms. The van der Waals surface area contributed by atoms with Crippen LogP contribution >= 0.6 is 0 Å². The Kier molecular flexibility index (Phi) is 3.10. The van der Waals surface area contributed by atoms with E-state index in [2.05, 4.69) is 4.98 Å². The first kappa shape index (κ1) is 12.3. The molecule has 2 aromatic rings. The minimum absolute atomic E-state index is 0.156. The van der Waals surface area contributed by atoms with Crippen molar-refractivity contribution in [2.24, 2.45) is 5.92 Å². The minimum Gasteiger partial charge on any atom is -0.381 e. The molecule has 0 amide bonds. The number of nitrogens with zero attached hydrogens (tertiary/aromatic N) is 2. The highest BCUT2D eigenvalue weighted by molar-refractivity contribution is 5.79. The van der Waals surface area contributed by atoms with Crippen molar-refractivity contribution >= 4 is 17.0 Å². The van der Waals surface area contributed by atoms with E-state index < -0.39 is 11.6 Å². The summed E-state index contributed by atoms with van der Waals surface area (Å²) in [6.45, 7) is 1.95. The molecule has 0 unspecified atom stereocenters. The summed E-state index contributed by atoms with van der Waals surface area (Å²) >= 11 is 0. The zero-order chi connectivity index (χ0) is 13.4. The molecule has 0 aliphatic carbocycles. The van der Waals surface area contributed by atoms with E-state index in [-0.39, 0.29) is 11.5 Å². The zero-order valence-corrected chi connectivity index (χ0v) is 10.4. The number of rotatable bonds is 2. The number of benzene rings is 1. The Bertz CT molecular complexity index is 605. The van der Waals surface area contributed by atoms with Crippen molar-refractivity contribution in [3.63, 3.8) is 0 Å². The van der Waals surface area contributed by atoms with Gasteiger partial charge < -0.3 is 15.0 Å². The fourth-order valence-electron chi connectivity index (χ4n) is 2.55. The molecule has 0 atom stereocenters. The monoisotopic (exact) mass is 267 g/mol. The summed E-state index contributed by atoms with van der Waals surface area (Å²) < 4.78 is 34.1. The average Bonchev–Trinajstić information content (AvgIpc) is 2.73. The SMILES string of the molecule is Nc1nc2ccc(F)c(F)c2n1CC1CCOCC1. The molecule has 0 bridgehead atoms. The number of halogens is 2. The van der Waals surface area contributed by atoms with E-state index in [1.54, 1.807) is 4.57 Å². The van der Waals surface area contributed by atoms with Crippen molar-refractivity contribution in [3.05, 3.63) is 23.8 Å². The minimum atomic E-state index is -0.881. The molecule has 2 N–H and O–H groups in total. The Morgan fingerprint density at radius 3 is 2.79 bits per heavy atom. The quantitative estimate of drug-likeness (QED) is 0.908. The summed E-state index contributed by atoms with van der Waals surface area (Å²) in [7, 11) is 0. The number of imidazole rings is 1. The molecule has 6 heteroatoms. The Hall–Kier alpha value is -1.69. The summed E-state index contributed by atoms with van der Waals surface area (Å²) in [6.07, 6.45) is 1.80. The fourth-order valence-corrected chi connectivity index (χ4v) is 2.55. The molecule has 4 nitrogen and oxygen atoms in total. The third-order valence-electron chi connectivity index (χ3n) is 3.61. The number of nitrogen functional groups attached to an aromatic ring is 1. The zero-order valence-electron chi connectivity index (χ0n) is 10.4. The number of hydrogen-bond donors (Lipinski definition) is 1. The molecule has 1 aliphatic rings. The highest BCUT2D eigenvalue weighted by Gasteiger charge is 2.20. The summed E-state index contributed by atoms with van der Waals surface area (Å²) in [5.41, 5.74) is 6.37. The van der Waals surface area contributed by atoms with Gasteiger partial charge in [0.2, 0.25) is 5.95 Å². The van der Waals surface area contributed by atoms with E-state index >= 15 is 0 Å². The normalized spacial score (nSPS) is 17.2. The number of nitrogens with two attached hydrogens (primary N) is 1. The first-order chi connectivity index (χ1) is 9.16. The number of ether oxygens (including phenoxy) is 1. The standard InChI is InChI=1S/C13H15F2N3O/c14-9-1-2-10-12(11(9)15)18(13(16)17-10)7-8-3-5-19-6-4-8/h1-2,8H,3-7H2,(H2,16,17). The molecule has 2 heterocycles. The van der Waals surface area contributed by atoms with Gasteiger partial charge in [-0.25, -0.2) is 13.8 Å². The van der Waals surface area contributed by atoms with Gasteiger partial charge in [0.05, 0.1) is 5.52 Å². The molecule has 102 valence electrons. The third kappa shape index (κ3) is 2.16. The van der Waals surface area contributed by atoms with Gasteiger partial charge >= 0.3 is 0 Å². The largest absolute Gasteiger partial charge is 0.381 e. The van der Waals surface area contributed by atoms with Crippen LogP contribution in [0.15, 0.2) is 12.1 Å². The summed E-state index contributed by atoms with van der Waals surface area (Å²) in [5, 5.41) is 0. The Balaban J connectivity index is 2.01. The van der Waals surface area contributed by atoms with Crippen LogP contribution in [-0.4, -0.2) is 22.8 Å². The van der Waals surface area contributed by atoms with Gasteiger partial charge in [-0.15, -0.1) is 0 Å². The number of anilines is 1. The van der Waals surface area contributed by atoms with Gasteiger partial charge in [0.25, 0.3) is 0 Å². The van der Waals surface area contributed by atoms with Crippen molar-refractivity contribution in [3.8, 4) is 0 Å². The molecule has 1 fully saturated rings. The summed E-state index contributed by atoms with van der Waals surface area (Å²) in [6, 6.07) is 2.52. The van der Waals surface area contributed by atoms with Gasteiger partial charge in [-0.05, 0) is 30.9 Å². The molecule has 0 saturated carbocycles. The topological polar surface area (TPSA) is 53.1 Å². The number of aromatic nitrogens is 2. The van der Waals surface area contributed by atoms with Gasteiger partial charge in [0.1, 0.15) is 5.52 Å². The van der Waals surface area contributed by atoms with Crippen LogP contribution in [0.4, 0.5) is 14.7 Å². The van der Waals surface area contributed by atoms with Crippen molar-refractivity contribution in [2.75, 3.05) is 18.9 Å². The van der Waals surface area contributed by atoms with E-state index in [9.17, 15) is 8.78 Å². The predicted octanol–water partition coefficient (Wildman–Crippen LogP) is 2.32. The van der Waals surface area contributed by atoms with E-state index in [1.807, 2.05) is 0 Å². The van der Waals surface area contributed by atoms with Gasteiger partial charge in [0.15, 0.2) is 11.6 Å². The van der Waals surface area contributed by atoms with Crippen molar-refractivity contribution < 1.29 is 13.5 Å². The van der Waals surface area contributed by atoms with E-state index in [0.717, 1.165) is 18.9 Å². The van der Waals surface area contributed by atoms with E-state index in [0.29, 0.717) is 31.2 Å². The molecular formula is C13H15F2N3O. The molecule has 1 saturated heterocycles. The lowest BCUT2D eigenvalue weighted by atomic mass is 10.0. The van der Waals surface area contributed by atoms with Crippen LogP contribution in [0.3, 0.4) is 0 Å². The number of fused-ring (bicyclic) bond motifs is 1. The molecule has 0 radical (unpaired) electrons. The molecule has 1 aromatic carbocycles. The van der Waals surface area contributed by atoms with Crippen LogP contribution in [0.5, 0.6) is 0 Å². The Morgan fingerprint density at radius 2 is 2.05 bits per heavy atom. The molecule has 1 aliphatic heterocycles. The van der Waals surface area contributed by atoms with Crippen LogP contribution in [0.2, 0.25) is 0 Å². The van der Waals surface area contributed by atoms with E-state index in [4.69, 9.17) is 10.5 Å². The maximum absolute atomic E-state index is 13.9. The highest BCUT2D eigenvalue weighted by atomic mass is 19.2. The second-order valence-electron chi connectivity index (χ2n) is 4.87. The van der Waals surface area contributed by atoms with Crippen molar-refractivity contribution in [1.29, 1.82) is 0 Å². The van der Waals surface area contributed by atoms with Crippen LogP contribution < -0.4 is 5.73 Å². The smallest absolute Gasteiger partial charge is 0.201 e. The first-order valence-corrected chi connectivity index (χ1v) is 6.34. The summed E-state index contributed by atoms with van der Waals surface area (Å²) in [4.78, 5) is 4.08. The van der Waals surface area contributed by atoms with E-state index in [1.165, 1.54) is 6.07 Å². The lowest BCUT2D eigenvalue weighted by Gasteiger charge is -2.23. The fraction of sp³-hybridized carbons (Fsp3) is 0.462. The van der Waals surface area contributed by atoms with Gasteiger partial charge in [-0.2, -0.15) is 0 Å². The molecule has 19 heavy (non-hydrogen) atoms. The summed E-state index contributed by atoms with van der Waals surface area (Å²) in [5.74, 6) is -1.17. The van der Waals surface area contributed by atoms with Gasteiger partial charge in [0, 0.05) is 19.8 Å².